The van der Waals surface area contributed by atoms with Crippen LogP contribution in [0.2, 0.25) is 0 Å². The van der Waals surface area contributed by atoms with Gasteiger partial charge >= 0.3 is 0 Å². The molecular weight excluding hydrogens is 318 g/mol. The molecule has 1 aromatic carbocycles. The number of benzene rings is 1. The lowest BCUT2D eigenvalue weighted by atomic mass is 10.1. The van der Waals surface area contributed by atoms with E-state index in [4.69, 9.17) is 4.52 Å². The number of nitrogens with zero attached hydrogens (tertiary/aromatic N) is 4. The van der Waals surface area contributed by atoms with E-state index in [2.05, 4.69) is 37.4 Å². The van der Waals surface area contributed by atoms with E-state index in [0.717, 1.165) is 25.2 Å². The van der Waals surface area contributed by atoms with Crippen LogP contribution < -0.4 is 5.43 Å². The molecule has 1 aliphatic heterocycles. The summed E-state index contributed by atoms with van der Waals surface area (Å²) in [6, 6.07) is 8.15. The summed E-state index contributed by atoms with van der Waals surface area (Å²) in [5.74, 6) is 0.673. The average molecular weight is 337 g/mol. The minimum absolute atomic E-state index is 0.195. The van der Waals surface area contributed by atoms with Crippen molar-refractivity contribution in [3.05, 3.63) is 52.4 Å². The van der Waals surface area contributed by atoms with Crippen LogP contribution in [0, 0.1) is 0 Å². The summed E-state index contributed by atoms with van der Waals surface area (Å²) in [6.07, 6.45) is 6.53. The number of rotatable bonds is 4. The van der Waals surface area contributed by atoms with Crippen LogP contribution >= 0.6 is 0 Å². The summed E-state index contributed by atoms with van der Waals surface area (Å²) >= 11 is 0. The van der Waals surface area contributed by atoms with Gasteiger partial charge in [0, 0.05) is 18.3 Å². The molecule has 7 heteroatoms. The van der Waals surface area contributed by atoms with E-state index in [1.54, 1.807) is 0 Å². The van der Waals surface area contributed by atoms with Gasteiger partial charge < -0.3 is 4.52 Å². The van der Waals surface area contributed by atoms with Crippen molar-refractivity contribution in [2.75, 3.05) is 13.1 Å². The Morgan fingerprint density at radius 1 is 1.20 bits per heavy atom. The van der Waals surface area contributed by atoms with E-state index < -0.39 is 0 Å². The minimum atomic E-state index is -0.257. The second-order valence-corrected chi connectivity index (χ2v) is 6.27. The van der Waals surface area contributed by atoms with E-state index in [1.165, 1.54) is 37.2 Å². The van der Waals surface area contributed by atoms with Crippen molar-refractivity contribution in [1.29, 1.82) is 0 Å². The molecule has 0 radical (unpaired) electrons. The highest BCUT2D eigenvalue weighted by Gasteiger charge is 2.15. The van der Waals surface area contributed by atoms with Gasteiger partial charge in [0.1, 0.15) is 5.56 Å². The molecule has 1 N–H and O–H groups in total. The van der Waals surface area contributed by atoms with Crippen LogP contribution in [0.4, 0.5) is 0 Å². The molecule has 0 amide bonds. The standard InChI is InChI=1S/C18H19N5O2/c24-16-11-20-19-10-15(16)18-21-17(22-25-18)14-6-4-5-13(9-14)12-23-7-2-1-3-8-23/h4-6,9-11H,1-3,7-8,12H2,(H,19,24). The van der Waals surface area contributed by atoms with E-state index in [9.17, 15) is 4.79 Å². The Morgan fingerprint density at radius 3 is 2.92 bits per heavy atom. The lowest BCUT2D eigenvalue weighted by Gasteiger charge is -2.26. The number of hydrogen-bond acceptors (Lipinski definition) is 6. The van der Waals surface area contributed by atoms with Gasteiger partial charge in [-0.25, -0.2) is 0 Å². The van der Waals surface area contributed by atoms with E-state index >= 15 is 0 Å². The maximum atomic E-state index is 11.8. The summed E-state index contributed by atoms with van der Waals surface area (Å²) in [5, 5.41) is 10.3. The molecule has 3 heterocycles. The van der Waals surface area contributed by atoms with Gasteiger partial charge in [0.2, 0.25) is 11.3 Å². The molecule has 7 nitrogen and oxygen atoms in total. The Balaban J connectivity index is 1.57. The molecular formula is C18H19N5O2. The molecule has 0 bridgehead atoms. The second kappa shape index (κ2) is 6.98. The summed E-state index contributed by atoms with van der Waals surface area (Å²) < 4.78 is 5.26. The molecule has 2 aromatic heterocycles. The molecule has 0 spiro atoms. The molecule has 0 saturated carbocycles. The van der Waals surface area contributed by atoms with Crippen molar-refractivity contribution in [2.24, 2.45) is 0 Å². The van der Waals surface area contributed by atoms with Crippen LogP contribution in [0.1, 0.15) is 24.8 Å². The topological polar surface area (TPSA) is 87.9 Å². The first kappa shape index (κ1) is 15.7. The van der Waals surface area contributed by atoms with Gasteiger partial charge in [-0.1, -0.05) is 29.8 Å². The predicted molar refractivity (Wildman–Crippen MR) is 92.7 cm³/mol. The van der Waals surface area contributed by atoms with Gasteiger partial charge in [-0.2, -0.15) is 10.1 Å². The first-order chi connectivity index (χ1) is 12.3. The highest BCUT2D eigenvalue weighted by atomic mass is 16.5. The third-order valence-electron chi connectivity index (χ3n) is 4.43. The molecule has 3 aromatic rings. The fraction of sp³-hybridized carbons (Fsp3) is 0.333. The first-order valence-corrected chi connectivity index (χ1v) is 8.48. The third-order valence-corrected chi connectivity index (χ3v) is 4.43. The normalized spacial score (nSPS) is 15.4. The molecule has 4 rings (SSSR count). The van der Waals surface area contributed by atoms with E-state index in [0.29, 0.717) is 11.4 Å². The van der Waals surface area contributed by atoms with Crippen molar-refractivity contribution in [1.82, 2.24) is 25.2 Å². The maximum absolute atomic E-state index is 11.8. The lowest BCUT2D eigenvalue weighted by Crippen LogP contribution is -2.29. The third kappa shape index (κ3) is 3.51. The van der Waals surface area contributed by atoms with Crippen LogP contribution in [0.25, 0.3) is 22.8 Å². The first-order valence-electron chi connectivity index (χ1n) is 8.48. The summed E-state index contributed by atoms with van der Waals surface area (Å²) in [6.45, 7) is 3.24. The molecule has 25 heavy (non-hydrogen) atoms. The molecule has 1 aliphatic rings. The predicted octanol–water partition coefficient (Wildman–Crippen LogP) is 2.47. The van der Waals surface area contributed by atoms with Crippen molar-refractivity contribution in [3.63, 3.8) is 0 Å². The zero-order chi connectivity index (χ0) is 17.1. The number of aromatic nitrogens is 4. The Bertz CT molecular complexity index is 911. The largest absolute Gasteiger partial charge is 0.333 e. The average Bonchev–Trinajstić information content (AvgIpc) is 3.13. The molecule has 128 valence electrons. The van der Waals surface area contributed by atoms with E-state index in [1.807, 2.05) is 12.1 Å². The fourth-order valence-corrected chi connectivity index (χ4v) is 3.14. The van der Waals surface area contributed by atoms with Crippen molar-refractivity contribution < 1.29 is 4.52 Å². The number of hydrogen-bond donors (Lipinski definition) is 1. The quantitative estimate of drug-likeness (QED) is 0.787. The number of likely N-dealkylation sites (tertiary alicyclic amines) is 1. The van der Waals surface area contributed by atoms with Gasteiger partial charge in [0.15, 0.2) is 0 Å². The van der Waals surface area contributed by atoms with E-state index in [-0.39, 0.29) is 11.3 Å². The monoisotopic (exact) mass is 337 g/mol. The Labute approximate surface area is 144 Å². The Kier molecular flexibility index (Phi) is 4.39. The highest BCUT2D eigenvalue weighted by Crippen LogP contribution is 2.22. The van der Waals surface area contributed by atoms with Crippen molar-refractivity contribution in [2.45, 2.75) is 25.8 Å². The summed E-state index contributed by atoms with van der Waals surface area (Å²) in [7, 11) is 0. The second-order valence-electron chi connectivity index (χ2n) is 6.27. The molecule has 1 saturated heterocycles. The number of piperidine rings is 1. The summed E-state index contributed by atoms with van der Waals surface area (Å²) in [5.41, 5.74) is 2.17. The number of nitrogens with one attached hydrogen (secondary N) is 1. The van der Waals surface area contributed by atoms with Crippen molar-refractivity contribution in [3.8, 4) is 22.8 Å². The maximum Gasteiger partial charge on any atom is 0.263 e. The Morgan fingerprint density at radius 2 is 2.08 bits per heavy atom. The van der Waals surface area contributed by atoms with Crippen molar-refractivity contribution >= 4 is 0 Å². The highest BCUT2D eigenvalue weighted by molar-refractivity contribution is 5.59. The fourth-order valence-electron chi connectivity index (χ4n) is 3.14. The Hall–Kier alpha value is -2.80. The number of H-pyrrole nitrogens is 1. The number of aromatic amines is 1. The van der Waals surface area contributed by atoms with Crippen LogP contribution in [0.5, 0.6) is 0 Å². The molecule has 0 aliphatic carbocycles. The SMILES string of the molecule is O=c1cn[nH]cc1-c1nc(-c2cccc(CN3CCCCC3)c2)no1. The smallest absolute Gasteiger partial charge is 0.263 e. The molecule has 1 fully saturated rings. The molecule has 0 atom stereocenters. The van der Waals surface area contributed by atoms with Gasteiger partial charge in [-0.05, 0) is 37.6 Å². The van der Waals surface area contributed by atoms with Gasteiger partial charge in [0.25, 0.3) is 5.89 Å². The zero-order valence-corrected chi connectivity index (χ0v) is 13.8. The van der Waals surface area contributed by atoms with Gasteiger partial charge in [-0.3, -0.25) is 14.8 Å². The lowest BCUT2D eigenvalue weighted by molar-refractivity contribution is 0.221. The zero-order valence-electron chi connectivity index (χ0n) is 13.8. The van der Waals surface area contributed by atoms with Gasteiger partial charge in [0.05, 0.1) is 6.20 Å². The van der Waals surface area contributed by atoms with Crippen LogP contribution in [0.15, 0.2) is 46.0 Å². The van der Waals surface area contributed by atoms with Crippen LogP contribution in [-0.4, -0.2) is 38.3 Å². The summed E-state index contributed by atoms with van der Waals surface area (Å²) in [4.78, 5) is 18.7. The minimum Gasteiger partial charge on any atom is -0.333 e. The van der Waals surface area contributed by atoms with Gasteiger partial charge in [-0.15, -0.1) is 0 Å². The molecule has 0 unspecified atom stereocenters. The van der Waals surface area contributed by atoms with Crippen LogP contribution in [-0.2, 0) is 6.54 Å². The van der Waals surface area contributed by atoms with Crippen LogP contribution in [0.3, 0.4) is 0 Å².